The number of carbonyl (C=O) groups is 1. The van der Waals surface area contributed by atoms with Gasteiger partial charge in [-0.25, -0.2) is 14.2 Å². The fourth-order valence-electron chi connectivity index (χ4n) is 2.40. The third-order valence-corrected chi connectivity index (χ3v) is 3.61. The summed E-state index contributed by atoms with van der Waals surface area (Å²) in [6.45, 7) is 2.38. The number of hydrogen-bond donors (Lipinski definition) is 2. The number of halogens is 1. The lowest BCUT2D eigenvalue weighted by molar-refractivity contribution is 0.122. The van der Waals surface area contributed by atoms with E-state index in [0.29, 0.717) is 37.8 Å². The van der Waals surface area contributed by atoms with Crippen LogP contribution in [-0.2, 0) is 4.74 Å². The van der Waals surface area contributed by atoms with Crippen LogP contribution in [0.1, 0.15) is 0 Å². The molecule has 8 nitrogen and oxygen atoms in total. The summed E-state index contributed by atoms with van der Waals surface area (Å²) in [7, 11) is 1.47. The number of benzene rings is 1. The summed E-state index contributed by atoms with van der Waals surface area (Å²) < 4.78 is 24.0. The molecule has 0 aliphatic carbocycles. The van der Waals surface area contributed by atoms with E-state index in [-0.39, 0.29) is 11.7 Å². The van der Waals surface area contributed by atoms with E-state index in [2.05, 4.69) is 20.6 Å². The van der Waals surface area contributed by atoms with E-state index in [1.165, 1.54) is 25.4 Å². The normalized spacial score (nSPS) is 14.1. The largest absolute Gasteiger partial charge is 0.467 e. The van der Waals surface area contributed by atoms with Crippen LogP contribution in [-0.4, -0.2) is 49.4 Å². The number of aromatic nitrogens is 2. The summed E-state index contributed by atoms with van der Waals surface area (Å²) in [6.07, 6.45) is 1.46. The Kier molecular flexibility index (Phi) is 5.24. The van der Waals surface area contributed by atoms with E-state index < -0.39 is 11.8 Å². The van der Waals surface area contributed by atoms with Crippen LogP contribution in [0.25, 0.3) is 0 Å². The molecule has 0 unspecified atom stereocenters. The van der Waals surface area contributed by atoms with Crippen molar-refractivity contribution in [3.8, 4) is 6.01 Å². The van der Waals surface area contributed by atoms with Gasteiger partial charge >= 0.3 is 12.0 Å². The van der Waals surface area contributed by atoms with Crippen LogP contribution in [0.2, 0.25) is 0 Å². The zero-order chi connectivity index (χ0) is 17.6. The van der Waals surface area contributed by atoms with Gasteiger partial charge in [-0.3, -0.25) is 0 Å². The number of rotatable bonds is 4. The summed E-state index contributed by atoms with van der Waals surface area (Å²) in [4.78, 5) is 22.5. The van der Waals surface area contributed by atoms with Gasteiger partial charge in [0.1, 0.15) is 11.5 Å². The van der Waals surface area contributed by atoms with E-state index in [4.69, 9.17) is 9.47 Å². The predicted octanol–water partition coefficient (Wildman–Crippen LogP) is 2.10. The van der Waals surface area contributed by atoms with Gasteiger partial charge in [-0.15, -0.1) is 0 Å². The maximum Gasteiger partial charge on any atom is 0.323 e. The molecule has 3 rings (SSSR count). The highest BCUT2D eigenvalue weighted by Crippen LogP contribution is 2.26. The van der Waals surface area contributed by atoms with E-state index in [9.17, 15) is 9.18 Å². The van der Waals surface area contributed by atoms with Gasteiger partial charge in [0.05, 0.1) is 32.2 Å². The Balaban J connectivity index is 1.78. The third-order valence-electron chi connectivity index (χ3n) is 3.61. The molecular weight excluding hydrogens is 329 g/mol. The SMILES string of the molecule is COc1ncc(NC(=O)Nc2ccccc2F)c(N2CCOCC2)n1. The lowest BCUT2D eigenvalue weighted by Crippen LogP contribution is -2.37. The molecule has 25 heavy (non-hydrogen) atoms. The number of para-hydroxylation sites is 1. The van der Waals surface area contributed by atoms with Crippen LogP contribution in [0.5, 0.6) is 6.01 Å². The molecule has 1 saturated heterocycles. The minimum Gasteiger partial charge on any atom is -0.467 e. The van der Waals surface area contributed by atoms with Crippen molar-refractivity contribution in [2.45, 2.75) is 0 Å². The first-order valence-corrected chi connectivity index (χ1v) is 7.73. The minimum atomic E-state index is -0.589. The predicted molar refractivity (Wildman–Crippen MR) is 90.7 cm³/mol. The fraction of sp³-hybridized carbons (Fsp3) is 0.312. The minimum absolute atomic E-state index is 0.0855. The third kappa shape index (κ3) is 4.13. The van der Waals surface area contributed by atoms with Crippen molar-refractivity contribution in [3.63, 3.8) is 0 Å². The number of hydrogen-bond acceptors (Lipinski definition) is 6. The molecule has 0 bridgehead atoms. The van der Waals surface area contributed by atoms with Crippen molar-refractivity contribution < 1.29 is 18.7 Å². The molecule has 9 heteroatoms. The average Bonchev–Trinajstić information content (AvgIpc) is 2.64. The Hall–Kier alpha value is -2.94. The first-order chi connectivity index (χ1) is 12.2. The van der Waals surface area contributed by atoms with E-state index in [1.54, 1.807) is 12.1 Å². The quantitative estimate of drug-likeness (QED) is 0.881. The highest BCUT2D eigenvalue weighted by atomic mass is 19.1. The molecule has 1 aliphatic heterocycles. The Morgan fingerprint density at radius 3 is 2.68 bits per heavy atom. The van der Waals surface area contributed by atoms with Crippen molar-refractivity contribution in [1.29, 1.82) is 0 Å². The van der Waals surface area contributed by atoms with Crippen molar-refractivity contribution in [2.75, 3.05) is 48.9 Å². The van der Waals surface area contributed by atoms with Crippen molar-refractivity contribution in [2.24, 2.45) is 0 Å². The smallest absolute Gasteiger partial charge is 0.323 e. The van der Waals surface area contributed by atoms with E-state index >= 15 is 0 Å². The van der Waals surface area contributed by atoms with Crippen LogP contribution >= 0.6 is 0 Å². The molecule has 0 radical (unpaired) electrons. The number of carbonyl (C=O) groups excluding carboxylic acids is 1. The maximum atomic E-state index is 13.7. The lowest BCUT2D eigenvalue weighted by Gasteiger charge is -2.29. The molecule has 1 aromatic carbocycles. The molecule has 1 aromatic heterocycles. The Labute approximate surface area is 144 Å². The van der Waals surface area contributed by atoms with Gasteiger partial charge in [0.2, 0.25) is 0 Å². The van der Waals surface area contributed by atoms with Gasteiger partial charge in [0.15, 0.2) is 5.82 Å². The number of urea groups is 1. The van der Waals surface area contributed by atoms with Gasteiger partial charge in [-0.1, -0.05) is 12.1 Å². The standard InChI is InChI=1S/C16H18FN5O3/c1-24-16-18-10-13(14(21-16)22-6-8-25-9-7-22)20-15(23)19-12-5-3-2-4-11(12)17/h2-5,10H,6-9H2,1H3,(H2,19,20,23). The van der Waals surface area contributed by atoms with Gasteiger partial charge in [0, 0.05) is 13.1 Å². The van der Waals surface area contributed by atoms with Crippen LogP contribution in [0.4, 0.5) is 26.4 Å². The molecule has 2 amide bonds. The molecule has 2 N–H and O–H groups in total. The molecule has 0 saturated carbocycles. The number of nitrogens with one attached hydrogen (secondary N) is 2. The zero-order valence-electron chi connectivity index (χ0n) is 13.7. The Bertz CT molecular complexity index is 752. The van der Waals surface area contributed by atoms with Crippen LogP contribution < -0.4 is 20.3 Å². The monoisotopic (exact) mass is 347 g/mol. The van der Waals surface area contributed by atoms with Crippen molar-refractivity contribution >= 4 is 23.2 Å². The number of anilines is 3. The first-order valence-electron chi connectivity index (χ1n) is 7.73. The van der Waals surface area contributed by atoms with Gasteiger partial charge < -0.3 is 25.0 Å². The summed E-state index contributed by atoms with van der Waals surface area (Å²) in [5, 5.41) is 5.12. The van der Waals surface area contributed by atoms with Gasteiger partial charge in [-0.2, -0.15) is 4.98 Å². The first kappa shape index (κ1) is 16.9. The zero-order valence-corrected chi connectivity index (χ0v) is 13.7. The summed E-state index contributed by atoms with van der Waals surface area (Å²) >= 11 is 0. The molecule has 1 fully saturated rings. The fourth-order valence-corrected chi connectivity index (χ4v) is 2.40. The van der Waals surface area contributed by atoms with Crippen LogP contribution in [0, 0.1) is 5.82 Å². The number of ether oxygens (including phenoxy) is 2. The van der Waals surface area contributed by atoms with Crippen LogP contribution in [0.15, 0.2) is 30.5 Å². The molecule has 1 aliphatic rings. The second kappa shape index (κ2) is 7.75. The second-order valence-corrected chi connectivity index (χ2v) is 5.25. The number of nitrogens with zero attached hydrogens (tertiary/aromatic N) is 3. The summed E-state index contributed by atoms with van der Waals surface area (Å²) in [5.74, 6) is 0.0101. The second-order valence-electron chi connectivity index (χ2n) is 5.25. The van der Waals surface area contributed by atoms with Gasteiger partial charge in [-0.05, 0) is 12.1 Å². The van der Waals surface area contributed by atoms with Crippen molar-refractivity contribution in [1.82, 2.24) is 9.97 Å². The Morgan fingerprint density at radius 2 is 1.96 bits per heavy atom. The molecule has 0 atom stereocenters. The van der Waals surface area contributed by atoms with Crippen molar-refractivity contribution in [3.05, 3.63) is 36.3 Å². The number of methoxy groups -OCH3 is 1. The van der Waals surface area contributed by atoms with E-state index in [0.717, 1.165) is 0 Å². The molecule has 0 spiro atoms. The van der Waals surface area contributed by atoms with Gasteiger partial charge in [0.25, 0.3) is 0 Å². The molecule has 2 heterocycles. The topological polar surface area (TPSA) is 88.6 Å². The maximum absolute atomic E-state index is 13.7. The van der Waals surface area contributed by atoms with Crippen LogP contribution in [0.3, 0.4) is 0 Å². The molecule has 132 valence electrons. The molecule has 2 aromatic rings. The Morgan fingerprint density at radius 1 is 1.24 bits per heavy atom. The molecular formula is C16H18FN5O3. The number of amides is 2. The summed E-state index contributed by atoms with van der Waals surface area (Å²) in [6, 6.07) is 5.53. The summed E-state index contributed by atoms with van der Waals surface area (Å²) in [5.41, 5.74) is 0.485. The highest BCUT2D eigenvalue weighted by Gasteiger charge is 2.19. The average molecular weight is 347 g/mol. The highest BCUT2D eigenvalue weighted by molar-refractivity contribution is 6.01. The number of morpholine rings is 1. The van der Waals surface area contributed by atoms with E-state index in [1.807, 2.05) is 4.90 Å². The lowest BCUT2D eigenvalue weighted by atomic mass is 10.3.